The number of allylic oxidation sites excluding steroid dienone is 1. The van der Waals surface area contributed by atoms with E-state index in [1.54, 1.807) is 7.11 Å². The zero-order chi connectivity index (χ0) is 31.6. The summed E-state index contributed by atoms with van der Waals surface area (Å²) in [5, 5.41) is 14.9. The van der Waals surface area contributed by atoms with Crippen LogP contribution in [0.3, 0.4) is 0 Å². The molecule has 0 radical (unpaired) electrons. The van der Waals surface area contributed by atoms with E-state index in [4.69, 9.17) is 18.9 Å². The number of ether oxygens (including phenoxy) is 4. The molecule has 2 aromatic carbocycles. The van der Waals surface area contributed by atoms with E-state index in [0.717, 1.165) is 34.1 Å². The van der Waals surface area contributed by atoms with Gasteiger partial charge in [0.15, 0.2) is 0 Å². The second-order valence-corrected chi connectivity index (χ2v) is 13.3. The zero-order valence-corrected chi connectivity index (χ0v) is 26.2. The van der Waals surface area contributed by atoms with E-state index < -0.39 is 41.1 Å². The number of rotatable bonds is 5. The fourth-order valence-electron chi connectivity index (χ4n) is 5.78. The standard InChI is InChI=1S/C33H44N2O8/c1-31(2,3)27-28(36)35-19-33(43-20-40-6,18-25(35)29(37)38)24-11-10-21-17-26(41-7)22(15-23(21)16-24)9-8-12-32(4,5)13-14-42-30(39)34-27/h8-11,15-17,25,27H,12-14,18-20H2,1-7H3,(H,34,39)(H,37,38)/t25-,27+,33-/m0/s1. The van der Waals surface area contributed by atoms with E-state index in [-0.39, 0.29) is 31.8 Å². The van der Waals surface area contributed by atoms with Crippen molar-refractivity contribution < 1.29 is 38.4 Å². The van der Waals surface area contributed by atoms with Crippen LogP contribution < -0.4 is 10.1 Å². The number of methoxy groups -OCH3 is 2. The third kappa shape index (κ3) is 7.13. The van der Waals surface area contributed by atoms with Crippen molar-refractivity contribution in [3.8, 4) is 5.75 Å². The molecule has 0 saturated carbocycles. The third-order valence-corrected chi connectivity index (χ3v) is 8.42. The first kappa shape index (κ1) is 32.3. The van der Waals surface area contributed by atoms with Crippen molar-refractivity contribution >= 4 is 34.8 Å². The van der Waals surface area contributed by atoms with Gasteiger partial charge in [-0.1, -0.05) is 58.9 Å². The molecule has 234 valence electrons. The summed E-state index contributed by atoms with van der Waals surface area (Å²) in [6.07, 6.45) is 4.73. The lowest BCUT2D eigenvalue weighted by Gasteiger charge is -2.35. The van der Waals surface area contributed by atoms with E-state index in [1.807, 2.05) is 57.2 Å². The van der Waals surface area contributed by atoms with Gasteiger partial charge in [-0.3, -0.25) is 4.79 Å². The maximum absolute atomic E-state index is 14.1. The Balaban J connectivity index is 1.89. The minimum atomic E-state index is -1.19. The lowest BCUT2D eigenvalue weighted by atomic mass is 9.85. The van der Waals surface area contributed by atoms with Gasteiger partial charge in [-0.15, -0.1) is 0 Å². The van der Waals surface area contributed by atoms with Gasteiger partial charge in [0.1, 0.15) is 30.2 Å². The van der Waals surface area contributed by atoms with Crippen molar-refractivity contribution in [2.75, 3.05) is 34.2 Å². The van der Waals surface area contributed by atoms with Gasteiger partial charge < -0.3 is 34.3 Å². The van der Waals surface area contributed by atoms with Crippen LogP contribution in [0.4, 0.5) is 4.79 Å². The number of aliphatic carboxylic acids is 1. The van der Waals surface area contributed by atoms with Crippen LogP contribution in [0.5, 0.6) is 5.75 Å². The number of fused-ring (bicyclic) bond motifs is 5. The highest BCUT2D eigenvalue weighted by atomic mass is 16.7. The number of carboxylic acids is 1. The van der Waals surface area contributed by atoms with Gasteiger partial charge in [-0.05, 0) is 58.2 Å². The molecule has 1 saturated heterocycles. The van der Waals surface area contributed by atoms with Crippen molar-refractivity contribution in [1.82, 2.24) is 10.2 Å². The number of carbonyl (C=O) groups is 3. The Kier molecular flexibility index (Phi) is 9.42. The van der Waals surface area contributed by atoms with E-state index in [9.17, 15) is 19.5 Å². The Bertz CT molecular complexity index is 1400. The fourth-order valence-corrected chi connectivity index (χ4v) is 5.78. The monoisotopic (exact) mass is 596 g/mol. The smallest absolute Gasteiger partial charge is 0.407 e. The normalized spacial score (nSPS) is 24.8. The van der Waals surface area contributed by atoms with Crippen molar-refractivity contribution in [2.24, 2.45) is 10.8 Å². The Hall–Kier alpha value is -3.63. The van der Waals surface area contributed by atoms with Crippen LogP contribution in [0.15, 0.2) is 36.4 Å². The SMILES string of the molecule is COCO[C@@]12C[C@@H](C(=O)O)N(C1)C(=O)[C@H](C(C)(C)C)NC(=O)OCCC(C)(C)CC=Cc1cc3cc2ccc3cc1OC. The van der Waals surface area contributed by atoms with Crippen LogP contribution in [-0.4, -0.2) is 74.2 Å². The van der Waals surface area contributed by atoms with E-state index in [2.05, 4.69) is 25.2 Å². The molecule has 3 atom stereocenters. The highest BCUT2D eigenvalue weighted by Crippen LogP contribution is 2.42. The summed E-state index contributed by atoms with van der Waals surface area (Å²) < 4.78 is 22.7. The van der Waals surface area contributed by atoms with E-state index in [0.29, 0.717) is 6.42 Å². The van der Waals surface area contributed by atoms with Crippen molar-refractivity contribution in [3.63, 3.8) is 0 Å². The summed E-state index contributed by atoms with van der Waals surface area (Å²) >= 11 is 0. The average Bonchev–Trinajstić information content (AvgIpc) is 3.34. The predicted octanol–water partition coefficient (Wildman–Crippen LogP) is 5.32. The van der Waals surface area contributed by atoms with Gasteiger partial charge in [-0.25, -0.2) is 9.59 Å². The number of nitrogens with one attached hydrogen (secondary N) is 1. The Morgan fingerprint density at radius 1 is 1.14 bits per heavy atom. The van der Waals surface area contributed by atoms with Gasteiger partial charge in [0.25, 0.3) is 0 Å². The molecule has 0 aliphatic carbocycles. The first-order chi connectivity index (χ1) is 20.2. The van der Waals surface area contributed by atoms with Gasteiger partial charge in [0.05, 0.1) is 20.3 Å². The molecule has 10 heteroatoms. The molecule has 2 amide bonds. The quantitative estimate of drug-likeness (QED) is 0.445. The number of hydrogen-bond acceptors (Lipinski definition) is 7. The maximum Gasteiger partial charge on any atom is 0.407 e. The molecule has 2 heterocycles. The second-order valence-electron chi connectivity index (χ2n) is 13.3. The highest BCUT2D eigenvalue weighted by molar-refractivity contribution is 5.91. The van der Waals surface area contributed by atoms with Crippen LogP contribution in [0.2, 0.25) is 0 Å². The summed E-state index contributed by atoms with van der Waals surface area (Å²) in [4.78, 5) is 41.0. The summed E-state index contributed by atoms with van der Waals surface area (Å²) in [6.45, 7) is 9.66. The third-order valence-electron chi connectivity index (χ3n) is 8.42. The van der Waals surface area contributed by atoms with E-state index in [1.165, 1.54) is 12.0 Å². The molecular weight excluding hydrogens is 552 g/mol. The molecule has 1 fully saturated rings. The minimum Gasteiger partial charge on any atom is -0.496 e. The van der Waals surface area contributed by atoms with Crippen molar-refractivity contribution in [2.45, 2.75) is 71.6 Å². The van der Waals surface area contributed by atoms with E-state index >= 15 is 0 Å². The summed E-state index contributed by atoms with van der Waals surface area (Å²) in [5.41, 5.74) is -0.463. The minimum absolute atomic E-state index is 0.00223. The van der Waals surface area contributed by atoms with Crippen LogP contribution >= 0.6 is 0 Å². The van der Waals surface area contributed by atoms with Gasteiger partial charge in [0.2, 0.25) is 5.91 Å². The molecule has 4 rings (SSSR count). The predicted molar refractivity (Wildman–Crippen MR) is 163 cm³/mol. The highest BCUT2D eigenvalue weighted by Gasteiger charge is 2.53. The largest absolute Gasteiger partial charge is 0.496 e. The number of carboxylic acid groups (broad SMARTS) is 1. The molecule has 0 spiro atoms. The summed E-state index contributed by atoms with van der Waals surface area (Å²) in [5.74, 6) is -0.953. The molecule has 43 heavy (non-hydrogen) atoms. The number of amides is 2. The molecule has 5 bridgehead atoms. The van der Waals surface area contributed by atoms with Crippen molar-refractivity contribution in [1.29, 1.82) is 0 Å². The number of hydrogen-bond donors (Lipinski definition) is 2. The zero-order valence-electron chi connectivity index (χ0n) is 26.2. The molecule has 10 nitrogen and oxygen atoms in total. The second kappa shape index (κ2) is 12.5. The lowest BCUT2D eigenvalue weighted by molar-refractivity contribution is -0.150. The Morgan fingerprint density at radius 3 is 2.53 bits per heavy atom. The average molecular weight is 597 g/mol. The molecule has 2 aliphatic heterocycles. The number of benzene rings is 2. The first-order valence-electron chi connectivity index (χ1n) is 14.6. The molecule has 2 aromatic rings. The number of carbonyl (C=O) groups excluding carboxylic acids is 2. The fraction of sp³-hybridized carbons (Fsp3) is 0.545. The number of cyclic esters (lactones) is 1. The van der Waals surface area contributed by atoms with Crippen LogP contribution in [-0.2, 0) is 29.4 Å². The van der Waals surface area contributed by atoms with Crippen molar-refractivity contribution in [3.05, 3.63) is 47.5 Å². The molecule has 2 aliphatic rings. The van der Waals surface area contributed by atoms with Crippen LogP contribution in [0.25, 0.3) is 16.8 Å². The van der Waals surface area contributed by atoms with Gasteiger partial charge in [0, 0.05) is 19.1 Å². The molecule has 2 N–H and O–H groups in total. The number of nitrogens with zero attached hydrogens (tertiary/aromatic N) is 1. The van der Waals surface area contributed by atoms with Crippen LogP contribution in [0, 0.1) is 10.8 Å². The van der Waals surface area contributed by atoms with Gasteiger partial charge >= 0.3 is 12.1 Å². The first-order valence-corrected chi connectivity index (χ1v) is 14.6. The number of alkyl carbamates (subject to hydrolysis) is 1. The summed E-state index contributed by atoms with van der Waals surface area (Å²) in [6, 6.07) is 7.59. The lowest BCUT2D eigenvalue weighted by Crippen LogP contribution is -2.57. The van der Waals surface area contributed by atoms with Gasteiger partial charge in [-0.2, -0.15) is 0 Å². The molecular formula is C33H44N2O8. The Morgan fingerprint density at radius 2 is 1.88 bits per heavy atom. The molecule has 0 unspecified atom stereocenters. The Labute approximate surface area is 253 Å². The molecule has 0 aromatic heterocycles. The topological polar surface area (TPSA) is 124 Å². The maximum atomic E-state index is 14.1. The van der Waals surface area contributed by atoms with Crippen LogP contribution in [0.1, 0.15) is 65.0 Å². The summed E-state index contributed by atoms with van der Waals surface area (Å²) in [7, 11) is 3.12.